The molecule has 0 bridgehead atoms. The number of rotatable bonds is 5. The van der Waals surface area contributed by atoms with Crippen LogP contribution in [0.4, 0.5) is 0 Å². The number of thioether (sulfide) groups is 1. The third-order valence-corrected chi connectivity index (χ3v) is 6.19. The molecule has 1 aliphatic rings. The number of para-hydroxylation sites is 1. The van der Waals surface area contributed by atoms with Gasteiger partial charge >= 0.3 is 0 Å². The summed E-state index contributed by atoms with van der Waals surface area (Å²) in [5.74, 6) is 0.842. The van der Waals surface area contributed by atoms with Gasteiger partial charge in [0.25, 0.3) is 0 Å². The van der Waals surface area contributed by atoms with Crippen LogP contribution < -0.4 is 5.32 Å². The fraction of sp³-hybridized carbons (Fsp3) is 0.318. The Morgan fingerprint density at radius 2 is 1.89 bits per heavy atom. The van der Waals surface area contributed by atoms with Crippen LogP contribution in [-0.4, -0.2) is 25.9 Å². The second kappa shape index (κ2) is 8.19. The van der Waals surface area contributed by atoms with Crippen molar-refractivity contribution in [2.75, 3.05) is 0 Å². The third-order valence-electron chi connectivity index (χ3n) is 5.15. The molecule has 1 heterocycles. The molecular weight excluding hydrogens is 368 g/mol. The number of carbonyl (C=O) groups excluding carboxylic acids is 1. The Balaban J connectivity index is 1.48. The topological polar surface area (TPSA) is 59.8 Å². The van der Waals surface area contributed by atoms with Gasteiger partial charge in [-0.25, -0.2) is 0 Å². The molecule has 28 heavy (non-hydrogen) atoms. The summed E-state index contributed by atoms with van der Waals surface area (Å²) in [4.78, 5) is 12.9. The summed E-state index contributed by atoms with van der Waals surface area (Å²) >= 11 is 1.44. The minimum Gasteiger partial charge on any atom is -0.348 e. The SMILES string of the molecule is Cc1nnc(S[C@H](C)C(=O)N[C@@H]2CCCc3ccccc32)n1-c1ccccc1. The molecule has 3 aromatic rings. The number of nitrogens with one attached hydrogen (secondary N) is 1. The molecule has 0 saturated heterocycles. The van der Waals surface area contributed by atoms with Gasteiger partial charge in [0.05, 0.1) is 11.3 Å². The minimum absolute atomic E-state index is 0.0342. The van der Waals surface area contributed by atoms with Crippen molar-refractivity contribution in [3.8, 4) is 5.69 Å². The van der Waals surface area contributed by atoms with Gasteiger partial charge in [-0.15, -0.1) is 10.2 Å². The largest absolute Gasteiger partial charge is 0.348 e. The number of amides is 1. The highest BCUT2D eigenvalue weighted by atomic mass is 32.2. The van der Waals surface area contributed by atoms with Crippen LogP contribution in [0.3, 0.4) is 0 Å². The van der Waals surface area contributed by atoms with Gasteiger partial charge < -0.3 is 5.32 Å². The second-order valence-electron chi connectivity index (χ2n) is 7.11. The first-order chi connectivity index (χ1) is 13.6. The van der Waals surface area contributed by atoms with E-state index in [9.17, 15) is 4.79 Å². The predicted octanol–water partition coefficient (Wildman–Crippen LogP) is 4.25. The highest BCUT2D eigenvalue weighted by Crippen LogP contribution is 2.31. The van der Waals surface area contributed by atoms with Gasteiger partial charge in [0.2, 0.25) is 5.91 Å². The van der Waals surface area contributed by atoms with E-state index in [0.717, 1.165) is 35.9 Å². The summed E-state index contributed by atoms with van der Waals surface area (Å²) in [6, 6.07) is 18.5. The molecule has 0 aliphatic heterocycles. The van der Waals surface area contributed by atoms with Crippen molar-refractivity contribution < 1.29 is 4.79 Å². The molecule has 0 unspecified atom stereocenters. The zero-order valence-corrected chi connectivity index (χ0v) is 16.9. The smallest absolute Gasteiger partial charge is 0.233 e. The number of fused-ring (bicyclic) bond motifs is 1. The van der Waals surface area contributed by atoms with Crippen LogP contribution >= 0.6 is 11.8 Å². The quantitative estimate of drug-likeness (QED) is 0.660. The predicted molar refractivity (Wildman–Crippen MR) is 112 cm³/mol. The van der Waals surface area contributed by atoms with Crippen LogP contribution in [0, 0.1) is 6.92 Å². The highest BCUT2D eigenvalue weighted by molar-refractivity contribution is 8.00. The maximum Gasteiger partial charge on any atom is 0.233 e. The first kappa shape index (κ1) is 18.7. The van der Waals surface area contributed by atoms with Crippen LogP contribution in [0.5, 0.6) is 0 Å². The molecule has 0 saturated carbocycles. The van der Waals surface area contributed by atoms with Gasteiger partial charge in [0, 0.05) is 5.69 Å². The molecule has 0 spiro atoms. The lowest BCUT2D eigenvalue weighted by Gasteiger charge is -2.27. The zero-order valence-electron chi connectivity index (χ0n) is 16.1. The first-order valence-electron chi connectivity index (χ1n) is 9.66. The first-order valence-corrected chi connectivity index (χ1v) is 10.5. The van der Waals surface area contributed by atoms with Crippen molar-refractivity contribution in [2.45, 2.75) is 49.6 Å². The molecule has 6 heteroatoms. The average molecular weight is 393 g/mol. The van der Waals surface area contributed by atoms with Crippen LogP contribution in [0.15, 0.2) is 59.8 Å². The van der Waals surface area contributed by atoms with Gasteiger partial charge in [-0.3, -0.25) is 9.36 Å². The molecule has 1 amide bonds. The number of nitrogens with zero attached hydrogens (tertiary/aromatic N) is 3. The number of benzene rings is 2. The fourth-order valence-electron chi connectivity index (χ4n) is 3.70. The average Bonchev–Trinajstić information content (AvgIpc) is 3.09. The van der Waals surface area contributed by atoms with Crippen LogP contribution in [0.25, 0.3) is 5.69 Å². The van der Waals surface area contributed by atoms with E-state index in [1.54, 1.807) is 0 Å². The Morgan fingerprint density at radius 3 is 2.71 bits per heavy atom. The molecule has 1 aromatic heterocycles. The number of carbonyl (C=O) groups is 1. The summed E-state index contributed by atoms with van der Waals surface area (Å²) in [6.45, 7) is 3.85. The van der Waals surface area contributed by atoms with Crippen molar-refractivity contribution in [1.29, 1.82) is 0 Å². The summed E-state index contributed by atoms with van der Waals surface area (Å²) < 4.78 is 1.99. The third kappa shape index (κ3) is 3.83. The van der Waals surface area contributed by atoms with E-state index in [4.69, 9.17) is 0 Å². The standard InChI is InChI=1S/C22H24N4OS/c1-15(21(27)23-20-14-8-10-17-9-6-7-13-19(17)20)28-22-25-24-16(2)26(22)18-11-4-3-5-12-18/h3-7,9,11-13,15,20H,8,10,14H2,1-2H3,(H,23,27)/t15-,20-/m1/s1. The van der Waals surface area contributed by atoms with Gasteiger partial charge in [0.1, 0.15) is 5.82 Å². The number of hydrogen-bond donors (Lipinski definition) is 1. The monoisotopic (exact) mass is 392 g/mol. The van der Waals surface area contributed by atoms with E-state index >= 15 is 0 Å². The Bertz CT molecular complexity index is 970. The lowest BCUT2D eigenvalue weighted by Crippen LogP contribution is -2.36. The lowest BCUT2D eigenvalue weighted by molar-refractivity contribution is -0.121. The van der Waals surface area contributed by atoms with Gasteiger partial charge in [0.15, 0.2) is 5.16 Å². The van der Waals surface area contributed by atoms with Crippen molar-refractivity contribution in [1.82, 2.24) is 20.1 Å². The van der Waals surface area contributed by atoms with Gasteiger partial charge in [-0.1, -0.05) is 54.2 Å². The summed E-state index contributed by atoms with van der Waals surface area (Å²) in [5, 5.41) is 12.2. The molecule has 0 fully saturated rings. The molecule has 1 aliphatic carbocycles. The summed E-state index contributed by atoms with van der Waals surface area (Å²) in [7, 11) is 0. The molecule has 2 atom stereocenters. The minimum atomic E-state index is -0.264. The van der Waals surface area contributed by atoms with Gasteiger partial charge in [-0.05, 0) is 56.4 Å². The maximum atomic E-state index is 12.9. The summed E-state index contributed by atoms with van der Waals surface area (Å²) in [6.07, 6.45) is 3.18. The van der Waals surface area contributed by atoms with E-state index in [-0.39, 0.29) is 17.2 Å². The summed E-state index contributed by atoms with van der Waals surface area (Å²) in [5.41, 5.74) is 3.60. The van der Waals surface area contributed by atoms with E-state index in [1.165, 1.54) is 22.9 Å². The molecular formula is C22H24N4OS. The highest BCUT2D eigenvalue weighted by Gasteiger charge is 2.25. The Hall–Kier alpha value is -2.60. The van der Waals surface area contributed by atoms with Crippen LogP contribution in [0.2, 0.25) is 0 Å². The van der Waals surface area contributed by atoms with Crippen molar-refractivity contribution in [3.63, 3.8) is 0 Å². The molecule has 4 rings (SSSR count). The second-order valence-corrected chi connectivity index (χ2v) is 8.42. The van der Waals surface area contributed by atoms with Crippen LogP contribution in [0.1, 0.15) is 42.8 Å². The van der Waals surface area contributed by atoms with Crippen molar-refractivity contribution >= 4 is 17.7 Å². The normalized spacial score (nSPS) is 17.0. The molecule has 144 valence electrons. The van der Waals surface area contributed by atoms with Gasteiger partial charge in [-0.2, -0.15) is 0 Å². The zero-order chi connectivity index (χ0) is 19.5. The van der Waals surface area contributed by atoms with Crippen LogP contribution in [-0.2, 0) is 11.2 Å². The number of aryl methyl sites for hydroxylation is 2. The lowest BCUT2D eigenvalue weighted by atomic mass is 9.88. The molecule has 2 aromatic carbocycles. The molecule has 0 radical (unpaired) electrons. The number of hydrogen-bond acceptors (Lipinski definition) is 4. The van der Waals surface area contributed by atoms with E-state index < -0.39 is 0 Å². The Morgan fingerprint density at radius 1 is 1.14 bits per heavy atom. The Labute approximate surface area is 169 Å². The Kier molecular flexibility index (Phi) is 5.48. The van der Waals surface area contributed by atoms with E-state index in [2.05, 4.69) is 33.7 Å². The number of aromatic nitrogens is 3. The fourth-order valence-corrected chi connectivity index (χ4v) is 4.62. The van der Waals surface area contributed by atoms with E-state index in [0.29, 0.717) is 0 Å². The molecule has 5 nitrogen and oxygen atoms in total. The maximum absolute atomic E-state index is 12.9. The molecule has 1 N–H and O–H groups in total. The van der Waals surface area contributed by atoms with E-state index in [1.807, 2.05) is 54.8 Å². The van der Waals surface area contributed by atoms with Crippen molar-refractivity contribution in [3.05, 3.63) is 71.5 Å². The van der Waals surface area contributed by atoms with Crippen molar-refractivity contribution in [2.24, 2.45) is 0 Å².